The van der Waals surface area contributed by atoms with Crippen molar-refractivity contribution in [3.8, 4) is 5.75 Å². The standard InChI is InChI=1S/C15H17ClN4O5/c16-12-2-1-3-13(8-12)25-15(21)19-6-5-18(14(19)17-20(22)23)9-11-4-7-24-10-11/h1-3,8,11H,4-7,9-10H2. The molecule has 134 valence electrons. The van der Waals surface area contributed by atoms with Gasteiger partial charge in [-0.15, -0.1) is 0 Å². The summed E-state index contributed by atoms with van der Waals surface area (Å²) in [7, 11) is 0. The molecule has 2 aliphatic rings. The molecule has 1 aromatic carbocycles. The number of hydrazone groups is 1. The van der Waals surface area contributed by atoms with Crippen molar-refractivity contribution in [2.75, 3.05) is 32.8 Å². The second-order valence-corrected chi connectivity index (χ2v) is 6.23. The lowest BCUT2D eigenvalue weighted by atomic mass is 10.1. The first-order valence-electron chi connectivity index (χ1n) is 7.83. The van der Waals surface area contributed by atoms with E-state index >= 15 is 0 Å². The van der Waals surface area contributed by atoms with Gasteiger partial charge >= 0.3 is 6.09 Å². The number of amides is 1. The maximum atomic E-state index is 12.4. The first-order chi connectivity index (χ1) is 12.0. The van der Waals surface area contributed by atoms with E-state index in [9.17, 15) is 14.9 Å². The molecule has 2 heterocycles. The largest absolute Gasteiger partial charge is 0.422 e. The first kappa shape index (κ1) is 17.4. The van der Waals surface area contributed by atoms with E-state index < -0.39 is 11.1 Å². The molecular formula is C15H17ClN4O5. The fourth-order valence-corrected chi connectivity index (χ4v) is 3.03. The topological polar surface area (TPSA) is 97.5 Å². The van der Waals surface area contributed by atoms with E-state index in [0.29, 0.717) is 31.3 Å². The zero-order valence-corrected chi connectivity index (χ0v) is 14.1. The van der Waals surface area contributed by atoms with E-state index in [1.54, 1.807) is 23.1 Å². The van der Waals surface area contributed by atoms with Gasteiger partial charge in [-0.2, -0.15) is 0 Å². The van der Waals surface area contributed by atoms with Crippen molar-refractivity contribution in [1.29, 1.82) is 0 Å². The van der Waals surface area contributed by atoms with E-state index in [1.807, 2.05) is 0 Å². The van der Waals surface area contributed by atoms with Crippen LogP contribution in [-0.2, 0) is 4.74 Å². The maximum Gasteiger partial charge on any atom is 0.422 e. The van der Waals surface area contributed by atoms with Gasteiger partial charge in [0.15, 0.2) is 5.03 Å². The Morgan fingerprint density at radius 1 is 1.48 bits per heavy atom. The Morgan fingerprint density at radius 2 is 2.32 bits per heavy atom. The van der Waals surface area contributed by atoms with Crippen molar-refractivity contribution in [3.05, 3.63) is 39.4 Å². The zero-order valence-electron chi connectivity index (χ0n) is 13.3. The van der Waals surface area contributed by atoms with Crippen LogP contribution in [0.15, 0.2) is 29.4 Å². The second-order valence-electron chi connectivity index (χ2n) is 5.79. The predicted octanol–water partition coefficient (Wildman–Crippen LogP) is 2.04. The van der Waals surface area contributed by atoms with Gasteiger partial charge in [0.25, 0.3) is 5.96 Å². The SMILES string of the molecule is O=C(Oc1cccc(Cl)c1)N1CCN(CC2CCOC2)C1=N[N+](=O)[O-]. The van der Waals surface area contributed by atoms with Crippen molar-refractivity contribution < 1.29 is 19.3 Å². The highest BCUT2D eigenvalue weighted by Crippen LogP contribution is 2.21. The van der Waals surface area contributed by atoms with Gasteiger partial charge in [0, 0.05) is 30.6 Å². The minimum atomic E-state index is -0.807. The Bertz CT molecular complexity index is 692. The zero-order chi connectivity index (χ0) is 17.8. The van der Waals surface area contributed by atoms with Crippen LogP contribution in [-0.4, -0.2) is 59.7 Å². The molecule has 0 saturated carbocycles. The summed E-state index contributed by atoms with van der Waals surface area (Å²) in [4.78, 5) is 26.2. The van der Waals surface area contributed by atoms with Crippen LogP contribution in [0, 0.1) is 16.0 Å². The number of guanidine groups is 1. The van der Waals surface area contributed by atoms with Gasteiger partial charge in [0.05, 0.1) is 13.2 Å². The molecule has 1 aromatic rings. The molecule has 10 heteroatoms. The van der Waals surface area contributed by atoms with Crippen LogP contribution in [0.1, 0.15) is 6.42 Å². The van der Waals surface area contributed by atoms with Crippen molar-refractivity contribution >= 4 is 23.7 Å². The molecule has 0 N–H and O–H groups in total. The Labute approximate surface area is 148 Å². The lowest BCUT2D eigenvalue weighted by molar-refractivity contribution is -0.486. The van der Waals surface area contributed by atoms with Crippen LogP contribution >= 0.6 is 11.6 Å². The summed E-state index contributed by atoms with van der Waals surface area (Å²) < 4.78 is 10.6. The van der Waals surface area contributed by atoms with Gasteiger partial charge in [0.1, 0.15) is 10.9 Å². The summed E-state index contributed by atoms with van der Waals surface area (Å²) >= 11 is 5.87. The molecule has 3 rings (SSSR count). The summed E-state index contributed by atoms with van der Waals surface area (Å²) in [6.07, 6.45) is 0.155. The fraction of sp³-hybridized carbons (Fsp3) is 0.467. The highest BCUT2D eigenvalue weighted by atomic mass is 35.5. The smallest absolute Gasteiger partial charge is 0.410 e. The average molecular weight is 369 g/mol. The van der Waals surface area contributed by atoms with Crippen molar-refractivity contribution in [2.24, 2.45) is 11.0 Å². The number of hydrogen-bond donors (Lipinski definition) is 0. The van der Waals surface area contributed by atoms with Crippen LogP contribution in [0.2, 0.25) is 5.02 Å². The number of nitro groups is 1. The fourth-order valence-electron chi connectivity index (χ4n) is 2.85. The predicted molar refractivity (Wildman–Crippen MR) is 89.1 cm³/mol. The molecule has 1 atom stereocenters. The summed E-state index contributed by atoms with van der Waals surface area (Å²) in [5.41, 5.74) is 0. The van der Waals surface area contributed by atoms with Crippen molar-refractivity contribution in [1.82, 2.24) is 9.80 Å². The van der Waals surface area contributed by atoms with Crippen LogP contribution in [0.3, 0.4) is 0 Å². The number of nitrogens with zero attached hydrogens (tertiary/aromatic N) is 4. The number of halogens is 1. The van der Waals surface area contributed by atoms with Crippen molar-refractivity contribution in [2.45, 2.75) is 6.42 Å². The summed E-state index contributed by atoms with van der Waals surface area (Å²) in [6, 6.07) is 6.37. The normalized spacial score (nSPS) is 21.8. The molecule has 1 amide bonds. The maximum absolute atomic E-state index is 12.4. The lowest BCUT2D eigenvalue weighted by Gasteiger charge is -2.21. The third-order valence-electron chi connectivity index (χ3n) is 4.01. The highest BCUT2D eigenvalue weighted by Gasteiger charge is 2.37. The minimum absolute atomic E-state index is 0.0103. The number of benzene rings is 1. The molecule has 0 aromatic heterocycles. The molecule has 9 nitrogen and oxygen atoms in total. The monoisotopic (exact) mass is 368 g/mol. The van der Waals surface area contributed by atoms with E-state index in [4.69, 9.17) is 21.1 Å². The molecule has 0 spiro atoms. The molecule has 0 radical (unpaired) electrons. The Hall–Kier alpha value is -2.39. The third-order valence-corrected chi connectivity index (χ3v) is 4.25. The molecule has 2 saturated heterocycles. The average Bonchev–Trinajstić information content (AvgIpc) is 3.18. The Kier molecular flexibility index (Phi) is 5.34. The van der Waals surface area contributed by atoms with E-state index in [-0.39, 0.29) is 24.2 Å². The molecule has 2 fully saturated rings. The van der Waals surface area contributed by atoms with Gasteiger partial charge in [-0.05, 0) is 24.6 Å². The van der Waals surface area contributed by atoms with Gasteiger partial charge in [-0.1, -0.05) is 17.7 Å². The number of ether oxygens (including phenoxy) is 2. The third kappa shape index (κ3) is 4.37. The highest BCUT2D eigenvalue weighted by molar-refractivity contribution is 6.30. The van der Waals surface area contributed by atoms with Gasteiger partial charge in [-0.25, -0.2) is 19.8 Å². The van der Waals surface area contributed by atoms with Crippen LogP contribution in [0.4, 0.5) is 4.79 Å². The summed E-state index contributed by atoms with van der Waals surface area (Å²) in [5.74, 6) is 0.519. The Balaban J connectivity index is 1.72. The van der Waals surface area contributed by atoms with Crippen LogP contribution < -0.4 is 4.74 Å². The van der Waals surface area contributed by atoms with Crippen molar-refractivity contribution in [3.63, 3.8) is 0 Å². The quantitative estimate of drug-likeness (QED) is 0.596. The molecule has 0 bridgehead atoms. The van der Waals surface area contributed by atoms with Crippen LogP contribution in [0.5, 0.6) is 5.75 Å². The van der Waals surface area contributed by atoms with Gasteiger partial charge < -0.3 is 14.4 Å². The molecule has 1 unspecified atom stereocenters. The van der Waals surface area contributed by atoms with E-state index in [2.05, 4.69) is 5.10 Å². The number of carbonyl (C=O) groups is 1. The summed E-state index contributed by atoms with van der Waals surface area (Å²) in [5, 5.41) is 13.9. The lowest BCUT2D eigenvalue weighted by Crippen LogP contribution is -2.41. The first-order valence-corrected chi connectivity index (χ1v) is 8.21. The molecule has 2 aliphatic heterocycles. The number of carbonyl (C=O) groups excluding carboxylic acids is 1. The minimum Gasteiger partial charge on any atom is -0.410 e. The van der Waals surface area contributed by atoms with Gasteiger partial charge in [0.2, 0.25) is 0 Å². The number of rotatable bonds is 4. The molecule has 0 aliphatic carbocycles. The molecular weight excluding hydrogens is 352 g/mol. The summed E-state index contributed by atoms with van der Waals surface area (Å²) in [6.45, 7) is 2.55. The van der Waals surface area contributed by atoms with E-state index in [0.717, 1.165) is 6.42 Å². The second kappa shape index (κ2) is 7.66. The Morgan fingerprint density at radius 3 is 3.00 bits per heavy atom. The van der Waals surface area contributed by atoms with E-state index in [1.165, 1.54) is 11.0 Å². The number of hydrogen-bond acceptors (Lipinski definition) is 5. The molecule has 25 heavy (non-hydrogen) atoms. The van der Waals surface area contributed by atoms with Crippen LogP contribution in [0.25, 0.3) is 0 Å². The van der Waals surface area contributed by atoms with Gasteiger partial charge in [-0.3, -0.25) is 0 Å².